The monoisotopic (exact) mass is 322 g/mol. The third-order valence-electron chi connectivity index (χ3n) is 3.11. The summed E-state index contributed by atoms with van der Waals surface area (Å²) >= 11 is 7.42. The van der Waals surface area contributed by atoms with E-state index >= 15 is 0 Å². The molecule has 6 heteroatoms. The predicted molar refractivity (Wildman–Crippen MR) is 84.3 cm³/mol. The fourth-order valence-electron chi connectivity index (χ4n) is 2.01. The van der Waals surface area contributed by atoms with Crippen LogP contribution in [0.25, 0.3) is 0 Å². The summed E-state index contributed by atoms with van der Waals surface area (Å²) in [5.41, 5.74) is 7.26. The Bertz CT molecular complexity index is 622. The molecule has 3 rings (SSSR count). The number of fused-ring (bicyclic) bond motifs is 1. The summed E-state index contributed by atoms with van der Waals surface area (Å²) in [6, 6.07) is 9.47. The van der Waals surface area contributed by atoms with Gasteiger partial charge in [-0.25, -0.2) is 4.98 Å². The van der Waals surface area contributed by atoms with E-state index in [1.807, 2.05) is 30.3 Å². The van der Waals surface area contributed by atoms with Gasteiger partial charge in [-0.15, -0.1) is 11.8 Å². The molecule has 0 bridgehead atoms. The van der Waals surface area contributed by atoms with Crippen molar-refractivity contribution in [2.24, 2.45) is 5.73 Å². The fourth-order valence-corrected chi connectivity index (χ4v) is 2.96. The molecule has 0 aliphatic carbocycles. The van der Waals surface area contributed by atoms with Crippen LogP contribution in [0.3, 0.4) is 0 Å². The number of thioether (sulfide) groups is 1. The standard InChI is InChI=1S/C15H15ClN2O2S/c16-11-2-4-15(18-8-11)21-9-12(17)10-1-3-13-14(7-10)20-6-5-19-13/h1-4,7-8,12H,5-6,9,17H2. The zero-order valence-corrected chi connectivity index (χ0v) is 12.9. The minimum absolute atomic E-state index is 0.0942. The minimum atomic E-state index is -0.0942. The van der Waals surface area contributed by atoms with Crippen LogP contribution in [0.5, 0.6) is 11.5 Å². The summed E-state index contributed by atoms with van der Waals surface area (Å²) in [6.45, 7) is 1.17. The molecule has 0 amide bonds. The third-order valence-corrected chi connectivity index (χ3v) is 4.39. The van der Waals surface area contributed by atoms with Crippen LogP contribution in [-0.2, 0) is 0 Å². The average molecular weight is 323 g/mol. The lowest BCUT2D eigenvalue weighted by atomic mass is 10.1. The van der Waals surface area contributed by atoms with E-state index in [-0.39, 0.29) is 6.04 Å². The van der Waals surface area contributed by atoms with Crippen molar-refractivity contribution in [1.82, 2.24) is 4.98 Å². The summed E-state index contributed by atoms with van der Waals surface area (Å²) in [5.74, 6) is 2.28. The lowest BCUT2D eigenvalue weighted by Gasteiger charge is -2.20. The Balaban J connectivity index is 1.65. The van der Waals surface area contributed by atoms with Crippen molar-refractivity contribution in [3.8, 4) is 11.5 Å². The van der Waals surface area contributed by atoms with E-state index in [0.717, 1.165) is 27.8 Å². The number of aromatic nitrogens is 1. The number of nitrogens with zero attached hydrogens (tertiary/aromatic N) is 1. The largest absolute Gasteiger partial charge is 0.486 e. The number of pyridine rings is 1. The molecule has 0 saturated carbocycles. The highest BCUT2D eigenvalue weighted by molar-refractivity contribution is 7.99. The minimum Gasteiger partial charge on any atom is -0.486 e. The Morgan fingerprint density at radius 3 is 2.76 bits per heavy atom. The second-order valence-corrected chi connectivity index (χ2v) is 6.11. The van der Waals surface area contributed by atoms with Crippen molar-refractivity contribution >= 4 is 23.4 Å². The lowest BCUT2D eigenvalue weighted by molar-refractivity contribution is 0.171. The molecule has 4 nitrogen and oxygen atoms in total. The normalized spacial score (nSPS) is 14.8. The quantitative estimate of drug-likeness (QED) is 0.875. The maximum Gasteiger partial charge on any atom is 0.161 e. The molecule has 1 unspecified atom stereocenters. The van der Waals surface area contributed by atoms with Crippen molar-refractivity contribution in [2.75, 3.05) is 19.0 Å². The number of hydrogen-bond donors (Lipinski definition) is 1. The summed E-state index contributed by atoms with van der Waals surface area (Å²) in [7, 11) is 0. The van der Waals surface area contributed by atoms with Crippen LogP contribution in [0, 0.1) is 0 Å². The van der Waals surface area contributed by atoms with Gasteiger partial charge in [-0.3, -0.25) is 0 Å². The van der Waals surface area contributed by atoms with Gasteiger partial charge in [0.1, 0.15) is 13.2 Å². The molecule has 0 spiro atoms. The molecule has 1 aromatic heterocycles. The molecule has 1 aromatic carbocycles. The first-order valence-corrected chi connectivity index (χ1v) is 7.98. The van der Waals surface area contributed by atoms with Gasteiger partial charge in [0.2, 0.25) is 0 Å². The van der Waals surface area contributed by atoms with E-state index < -0.39 is 0 Å². The zero-order chi connectivity index (χ0) is 14.7. The van der Waals surface area contributed by atoms with Gasteiger partial charge in [0.15, 0.2) is 11.5 Å². The average Bonchev–Trinajstić information content (AvgIpc) is 2.53. The molecule has 0 saturated heterocycles. The van der Waals surface area contributed by atoms with Gasteiger partial charge in [-0.1, -0.05) is 17.7 Å². The van der Waals surface area contributed by atoms with Gasteiger partial charge in [-0.05, 0) is 29.8 Å². The van der Waals surface area contributed by atoms with Crippen molar-refractivity contribution in [2.45, 2.75) is 11.1 Å². The van der Waals surface area contributed by atoms with Gasteiger partial charge in [0, 0.05) is 18.0 Å². The van der Waals surface area contributed by atoms with Gasteiger partial charge in [0.25, 0.3) is 0 Å². The lowest BCUT2D eigenvalue weighted by Crippen LogP contribution is -2.17. The zero-order valence-electron chi connectivity index (χ0n) is 11.3. The van der Waals surface area contributed by atoms with Gasteiger partial charge >= 0.3 is 0 Å². The Hall–Kier alpha value is -1.43. The van der Waals surface area contributed by atoms with Crippen molar-refractivity contribution < 1.29 is 9.47 Å². The van der Waals surface area contributed by atoms with Crippen LogP contribution in [0.4, 0.5) is 0 Å². The summed E-state index contributed by atoms with van der Waals surface area (Å²) in [4.78, 5) is 4.24. The van der Waals surface area contributed by atoms with Crippen LogP contribution in [0.1, 0.15) is 11.6 Å². The van der Waals surface area contributed by atoms with Crippen LogP contribution < -0.4 is 15.2 Å². The van der Waals surface area contributed by atoms with E-state index in [1.54, 1.807) is 18.0 Å². The molecular weight excluding hydrogens is 308 g/mol. The summed E-state index contributed by atoms with van der Waals surface area (Å²) < 4.78 is 11.1. The van der Waals surface area contributed by atoms with Crippen LogP contribution >= 0.6 is 23.4 Å². The van der Waals surface area contributed by atoms with Crippen molar-refractivity contribution in [3.05, 3.63) is 47.1 Å². The van der Waals surface area contributed by atoms with E-state index in [0.29, 0.717) is 18.2 Å². The van der Waals surface area contributed by atoms with Crippen molar-refractivity contribution in [3.63, 3.8) is 0 Å². The second kappa shape index (κ2) is 6.56. The molecule has 1 atom stereocenters. The predicted octanol–water partition coefficient (Wildman–Crippen LogP) is 3.30. The number of halogens is 1. The number of benzene rings is 1. The smallest absolute Gasteiger partial charge is 0.161 e. The van der Waals surface area contributed by atoms with Gasteiger partial charge in [-0.2, -0.15) is 0 Å². The maximum atomic E-state index is 6.23. The molecule has 0 radical (unpaired) electrons. The fraction of sp³-hybridized carbons (Fsp3) is 0.267. The first-order chi connectivity index (χ1) is 10.2. The molecular formula is C15H15ClN2O2S. The molecule has 2 aromatic rings. The van der Waals surface area contributed by atoms with Crippen LogP contribution in [0.2, 0.25) is 5.02 Å². The van der Waals surface area contributed by atoms with E-state index in [9.17, 15) is 0 Å². The highest BCUT2D eigenvalue weighted by Gasteiger charge is 2.15. The Morgan fingerprint density at radius 1 is 1.19 bits per heavy atom. The second-order valence-electron chi connectivity index (χ2n) is 4.64. The summed E-state index contributed by atoms with van der Waals surface area (Å²) in [6.07, 6.45) is 1.64. The van der Waals surface area contributed by atoms with Crippen molar-refractivity contribution in [1.29, 1.82) is 0 Å². The first-order valence-electron chi connectivity index (χ1n) is 6.62. The molecule has 0 fully saturated rings. The SMILES string of the molecule is NC(CSc1ccc(Cl)cn1)c1ccc2c(c1)OCCO2. The highest BCUT2D eigenvalue weighted by Crippen LogP contribution is 2.33. The molecule has 2 N–H and O–H groups in total. The molecule has 1 aliphatic heterocycles. The summed E-state index contributed by atoms with van der Waals surface area (Å²) in [5, 5.41) is 1.54. The first kappa shape index (κ1) is 14.5. The molecule has 1 aliphatic rings. The molecule has 2 heterocycles. The van der Waals surface area contributed by atoms with Crippen LogP contribution in [-0.4, -0.2) is 24.0 Å². The van der Waals surface area contributed by atoms with E-state index in [4.69, 9.17) is 26.8 Å². The van der Waals surface area contributed by atoms with Crippen LogP contribution in [0.15, 0.2) is 41.6 Å². The van der Waals surface area contributed by atoms with E-state index in [1.165, 1.54) is 0 Å². The van der Waals surface area contributed by atoms with E-state index in [2.05, 4.69) is 4.98 Å². The van der Waals surface area contributed by atoms with Gasteiger partial charge in [0.05, 0.1) is 10.0 Å². The third kappa shape index (κ3) is 3.61. The number of ether oxygens (including phenoxy) is 2. The number of nitrogens with two attached hydrogens (primary N) is 1. The number of rotatable bonds is 4. The van der Waals surface area contributed by atoms with Gasteiger partial charge < -0.3 is 15.2 Å². The highest BCUT2D eigenvalue weighted by atomic mass is 35.5. The molecule has 110 valence electrons. The Labute approximate surface area is 132 Å². The topological polar surface area (TPSA) is 57.4 Å². The Morgan fingerprint density at radius 2 is 2.00 bits per heavy atom. The number of hydrogen-bond acceptors (Lipinski definition) is 5. The Kier molecular flexibility index (Phi) is 4.53. The maximum absolute atomic E-state index is 6.23. The molecule has 21 heavy (non-hydrogen) atoms.